The minimum atomic E-state index is -0.295. The molecule has 0 aliphatic rings. The number of benzene rings is 2. The van der Waals surface area contributed by atoms with Crippen molar-refractivity contribution in [3.8, 4) is 28.4 Å². The highest BCUT2D eigenvalue weighted by atomic mass is 35.5. The number of rotatable bonds is 3. The van der Waals surface area contributed by atoms with Crippen molar-refractivity contribution in [1.82, 2.24) is 9.97 Å². The summed E-state index contributed by atoms with van der Waals surface area (Å²) >= 11 is 6.10. The Morgan fingerprint density at radius 2 is 1.73 bits per heavy atom. The molecule has 0 fully saturated rings. The Bertz CT molecular complexity index is 806. The molecule has 0 unspecified atom stereocenters. The van der Waals surface area contributed by atoms with Crippen LogP contribution >= 0.6 is 11.6 Å². The molecule has 0 bridgehead atoms. The van der Waals surface area contributed by atoms with Crippen LogP contribution in [0.2, 0.25) is 5.15 Å². The lowest BCUT2D eigenvalue weighted by atomic mass is 10.1. The first kappa shape index (κ1) is 14.5. The van der Waals surface area contributed by atoms with E-state index in [1.165, 1.54) is 12.1 Å². The normalized spacial score (nSPS) is 10.5. The number of halogens is 2. The van der Waals surface area contributed by atoms with E-state index in [1.54, 1.807) is 25.3 Å². The van der Waals surface area contributed by atoms with Gasteiger partial charge in [0, 0.05) is 17.2 Å². The maximum absolute atomic E-state index is 13.0. The standard InChI is InChI=1S/C17H12ClFN2O/c1-22-14-4-2-3-12(9-14)17-20-15(10-16(18)21-17)11-5-7-13(19)8-6-11/h2-10H,1H3. The Labute approximate surface area is 132 Å². The molecule has 22 heavy (non-hydrogen) atoms. The van der Waals surface area contributed by atoms with Crippen molar-refractivity contribution in [3.05, 3.63) is 65.6 Å². The summed E-state index contributed by atoms with van der Waals surface area (Å²) in [6.07, 6.45) is 0. The average Bonchev–Trinajstić information content (AvgIpc) is 2.55. The quantitative estimate of drug-likeness (QED) is 0.662. The fraction of sp³-hybridized carbons (Fsp3) is 0.0588. The van der Waals surface area contributed by atoms with Crippen LogP contribution in [0.1, 0.15) is 0 Å². The minimum absolute atomic E-state index is 0.295. The van der Waals surface area contributed by atoms with Crippen molar-refractivity contribution in [2.24, 2.45) is 0 Å². The van der Waals surface area contributed by atoms with Gasteiger partial charge in [-0.2, -0.15) is 0 Å². The molecule has 0 radical (unpaired) electrons. The lowest BCUT2D eigenvalue weighted by Gasteiger charge is -2.07. The van der Waals surface area contributed by atoms with Gasteiger partial charge < -0.3 is 4.74 Å². The summed E-state index contributed by atoms with van der Waals surface area (Å²) in [4.78, 5) is 8.75. The van der Waals surface area contributed by atoms with Gasteiger partial charge in [-0.05, 0) is 36.4 Å². The smallest absolute Gasteiger partial charge is 0.161 e. The lowest BCUT2D eigenvalue weighted by Crippen LogP contribution is -1.94. The van der Waals surface area contributed by atoms with Crippen molar-refractivity contribution in [2.45, 2.75) is 0 Å². The van der Waals surface area contributed by atoms with E-state index in [1.807, 2.05) is 24.3 Å². The summed E-state index contributed by atoms with van der Waals surface area (Å²) in [5, 5.41) is 0.326. The zero-order valence-corrected chi connectivity index (χ0v) is 12.5. The summed E-state index contributed by atoms with van der Waals surface area (Å²) in [7, 11) is 1.60. The van der Waals surface area contributed by atoms with E-state index < -0.39 is 0 Å². The predicted molar refractivity (Wildman–Crippen MR) is 84.4 cm³/mol. The highest BCUT2D eigenvalue weighted by Crippen LogP contribution is 2.26. The van der Waals surface area contributed by atoms with Gasteiger partial charge in [0.2, 0.25) is 0 Å². The van der Waals surface area contributed by atoms with Gasteiger partial charge in [0.15, 0.2) is 5.82 Å². The van der Waals surface area contributed by atoms with Crippen LogP contribution in [0.25, 0.3) is 22.6 Å². The molecule has 0 spiro atoms. The van der Waals surface area contributed by atoms with E-state index in [0.717, 1.165) is 11.1 Å². The molecule has 5 heteroatoms. The van der Waals surface area contributed by atoms with Gasteiger partial charge in [-0.25, -0.2) is 14.4 Å². The Morgan fingerprint density at radius 1 is 0.955 bits per heavy atom. The van der Waals surface area contributed by atoms with Crippen LogP contribution in [0.15, 0.2) is 54.6 Å². The Kier molecular flexibility index (Phi) is 4.02. The first-order valence-electron chi connectivity index (χ1n) is 6.60. The van der Waals surface area contributed by atoms with Crippen molar-refractivity contribution in [2.75, 3.05) is 7.11 Å². The van der Waals surface area contributed by atoms with E-state index >= 15 is 0 Å². The molecule has 0 atom stereocenters. The summed E-state index contributed by atoms with van der Waals surface area (Å²) in [5.74, 6) is 0.909. The molecule has 0 saturated heterocycles. The van der Waals surface area contributed by atoms with Crippen LogP contribution in [-0.2, 0) is 0 Å². The minimum Gasteiger partial charge on any atom is -0.497 e. The van der Waals surface area contributed by atoms with E-state index in [9.17, 15) is 4.39 Å². The molecule has 0 aliphatic heterocycles. The summed E-state index contributed by atoms with van der Waals surface area (Å²) in [6.45, 7) is 0. The fourth-order valence-electron chi connectivity index (χ4n) is 2.08. The molecule has 3 nitrogen and oxygen atoms in total. The van der Waals surface area contributed by atoms with Gasteiger partial charge in [0.05, 0.1) is 12.8 Å². The lowest BCUT2D eigenvalue weighted by molar-refractivity contribution is 0.415. The second kappa shape index (κ2) is 6.12. The van der Waals surface area contributed by atoms with Gasteiger partial charge >= 0.3 is 0 Å². The third-order valence-electron chi connectivity index (χ3n) is 3.16. The summed E-state index contributed by atoms with van der Waals surface area (Å²) in [6, 6.07) is 15.1. The van der Waals surface area contributed by atoms with Crippen LogP contribution in [-0.4, -0.2) is 17.1 Å². The maximum Gasteiger partial charge on any atom is 0.161 e. The molecule has 0 amide bonds. The third-order valence-corrected chi connectivity index (χ3v) is 3.36. The van der Waals surface area contributed by atoms with Gasteiger partial charge in [0.25, 0.3) is 0 Å². The van der Waals surface area contributed by atoms with E-state index in [-0.39, 0.29) is 5.82 Å². The van der Waals surface area contributed by atoms with Gasteiger partial charge in [-0.3, -0.25) is 0 Å². The van der Waals surface area contributed by atoms with Gasteiger partial charge in [-0.15, -0.1) is 0 Å². The monoisotopic (exact) mass is 314 g/mol. The topological polar surface area (TPSA) is 35.0 Å². The third kappa shape index (κ3) is 3.07. The average molecular weight is 315 g/mol. The molecule has 0 aliphatic carbocycles. The number of aromatic nitrogens is 2. The number of methoxy groups -OCH3 is 1. The zero-order chi connectivity index (χ0) is 15.5. The second-order valence-electron chi connectivity index (χ2n) is 4.64. The van der Waals surface area contributed by atoms with Crippen LogP contribution in [0.4, 0.5) is 4.39 Å². The largest absolute Gasteiger partial charge is 0.497 e. The first-order chi connectivity index (χ1) is 10.7. The molecular weight excluding hydrogens is 303 g/mol. The molecule has 110 valence electrons. The van der Waals surface area contributed by atoms with Crippen LogP contribution in [0, 0.1) is 5.82 Å². The van der Waals surface area contributed by atoms with Crippen molar-refractivity contribution in [1.29, 1.82) is 0 Å². The molecule has 0 N–H and O–H groups in total. The Hall–Kier alpha value is -2.46. The van der Waals surface area contributed by atoms with E-state index in [2.05, 4.69) is 9.97 Å². The molecule has 3 rings (SSSR count). The summed E-state index contributed by atoms with van der Waals surface area (Å²) < 4.78 is 18.2. The molecular formula is C17H12ClFN2O. The molecule has 2 aromatic carbocycles. The summed E-state index contributed by atoms with van der Waals surface area (Å²) in [5.41, 5.74) is 2.21. The molecule has 3 aromatic rings. The van der Waals surface area contributed by atoms with Crippen LogP contribution in [0.5, 0.6) is 5.75 Å². The number of hydrogen-bond acceptors (Lipinski definition) is 3. The number of nitrogens with zero attached hydrogens (tertiary/aromatic N) is 2. The molecule has 1 heterocycles. The van der Waals surface area contributed by atoms with E-state index in [0.29, 0.717) is 22.4 Å². The van der Waals surface area contributed by atoms with Crippen molar-refractivity contribution < 1.29 is 9.13 Å². The Balaban J connectivity index is 2.08. The number of hydrogen-bond donors (Lipinski definition) is 0. The van der Waals surface area contributed by atoms with E-state index in [4.69, 9.17) is 16.3 Å². The van der Waals surface area contributed by atoms with Gasteiger partial charge in [0.1, 0.15) is 16.7 Å². The first-order valence-corrected chi connectivity index (χ1v) is 6.98. The van der Waals surface area contributed by atoms with Crippen molar-refractivity contribution in [3.63, 3.8) is 0 Å². The molecule has 0 saturated carbocycles. The molecule has 1 aromatic heterocycles. The van der Waals surface area contributed by atoms with Crippen molar-refractivity contribution >= 4 is 11.6 Å². The highest BCUT2D eigenvalue weighted by molar-refractivity contribution is 6.29. The SMILES string of the molecule is COc1cccc(-c2nc(Cl)cc(-c3ccc(F)cc3)n2)c1. The number of ether oxygens (including phenoxy) is 1. The highest BCUT2D eigenvalue weighted by Gasteiger charge is 2.09. The Morgan fingerprint density at radius 3 is 2.45 bits per heavy atom. The fourth-order valence-corrected chi connectivity index (χ4v) is 2.26. The van der Waals surface area contributed by atoms with Crippen LogP contribution in [0.3, 0.4) is 0 Å². The van der Waals surface area contributed by atoms with Gasteiger partial charge in [-0.1, -0.05) is 23.7 Å². The maximum atomic E-state index is 13.0. The zero-order valence-electron chi connectivity index (χ0n) is 11.8. The predicted octanol–water partition coefficient (Wildman–Crippen LogP) is 4.61. The van der Waals surface area contributed by atoms with Crippen LogP contribution < -0.4 is 4.74 Å². The second-order valence-corrected chi connectivity index (χ2v) is 5.03.